The second-order valence-electron chi connectivity index (χ2n) is 5.43. The van der Waals surface area contributed by atoms with E-state index in [0.29, 0.717) is 12.0 Å². The first-order valence-corrected chi connectivity index (χ1v) is 6.88. The van der Waals surface area contributed by atoms with E-state index in [2.05, 4.69) is 18.7 Å². The first-order valence-electron chi connectivity index (χ1n) is 6.48. The number of rotatable bonds is 2. The van der Waals surface area contributed by atoms with Gasteiger partial charge in [0.05, 0.1) is 5.56 Å². The van der Waals surface area contributed by atoms with Gasteiger partial charge in [0.1, 0.15) is 4.99 Å². The molecular formula is C14H17F3N2S. The topological polar surface area (TPSA) is 29.3 Å². The van der Waals surface area contributed by atoms with Crippen LogP contribution in [-0.4, -0.2) is 17.6 Å². The van der Waals surface area contributed by atoms with Gasteiger partial charge in [-0.25, -0.2) is 0 Å². The van der Waals surface area contributed by atoms with Crippen LogP contribution in [0, 0.1) is 5.92 Å². The molecule has 0 bridgehead atoms. The Labute approximate surface area is 121 Å². The number of thiocarbonyl (C=S) groups is 1. The second-order valence-corrected chi connectivity index (χ2v) is 5.87. The predicted molar refractivity (Wildman–Crippen MR) is 77.9 cm³/mol. The summed E-state index contributed by atoms with van der Waals surface area (Å²) in [6.45, 7) is 5.04. The van der Waals surface area contributed by atoms with Crippen molar-refractivity contribution < 1.29 is 13.2 Å². The number of hydrogen-bond acceptors (Lipinski definition) is 2. The first-order chi connectivity index (χ1) is 9.20. The average molecular weight is 302 g/mol. The van der Waals surface area contributed by atoms with Crippen molar-refractivity contribution >= 4 is 22.9 Å². The maximum atomic E-state index is 12.9. The molecule has 1 heterocycles. The van der Waals surface area contributed by atoms with Crippen molar-refractivity contribution in [2.75, 3.05) is 11.4 Å². The molecular weight excluding hydrogens is 285 g/mol. The zero-order chi connectivity index (χ0) is 15.1. The van der Waals surface area contributed by atoms with Gasteiger partial charge in [0.25, 0.3) is 0 Å². The predicted octanol–water partition coefficient (Wildman–Crippen LogP) is 3.57. The summed E-state index contributed by atoms with van der Waals surface area (Å²) >= 11 is 4.76. The van der Waals surface area contributed by atoms with E-state index in [1.54, 1.807) is 0 Å². The lowest BCUT2D eigenvalue weighted by Gasteiger charge is -2.25. The Hall–Kier alpha value is -1.30. The molecule has 0 radical (unpaired) electrons. The molecule has 2 unspecified atom stereocenters. The van der Waals surface area contributed by atoms with Crippen LogP contribution in [0.15, 0.2) is 18.2 Å². The largest absolute Gasteiger partial charge is 0.417 e. The number of benzene rings is 1. The minimum absolute atomic E-state index is 0.100. The zero-order valence-electron chi connectivity index (χ0n) is 11.4. The van der Waals surface area contributed by atoms with Gasteiger partial charge in [-0.15, -0.1) is 0 Å². The smallest absolute Gasteiger partial charge is 0.389 e. The quantitative estimate of drug-likeness (QED) is 0.847. The molecule has 20 heavy (non-hydrogen) atoms. The average Bonchev–Trinajstić information content (AvgIpc) is 2.66. The third kappa shape index (κ3) is 2.90. The van der Waals surface area contributed by atoms with Crippen molar-refractivity contribution in [3.8, 4) is 0 Å². The van der Waals surface area contributed by atoms with Gasteiger partial charge >= 0.3 is 6.18 Å². The number of nitrogens with zero attached hydrogens (tertiary/aromatic N) is 1. The molecule has 2 nitrogen and oxygen atoms in total. The molecule has 0 aliphatic carbocycles. The van der Waals surface area contributed by atoms with Gasteiger partial charge in [0.15, 0.2) is 0 Å². The van der Waals surface area contributed by atoms with Gasteiger partial charge in [0.2, 0.25) is 0 Å². The number of anilines is 1. The van der Waals surface area contributed by atoms with Gasteiger partial charge in [-0.3, -0.25) is 0 Å². The fourth-order valence-corrected chi connectivity index (χ4v) is 2.99. The maximum Gasteiger partial charge on any atom is 0.417 e. The third-order valence-corrected chi connectivity index (χ3v) is 3.91. The van der Waals surface area contributed by atoms with Gasteiger partial charge in [-0.1, -0.05) is 19.1 Å². The number of hydrogen-bond donors (Lipinski definition) is 1. The van der Waals surface area contributed by atoms with E-state index >= 15 is 0 Å². The molecule has 0 spiro atoms. The summed E-state index contributed by atoms with van der Waals surface area (Å²) in [5.74, 6) is 0.528. The Bertz CT molecular complexity index is 528. The maximum absolute atomic E-state index is 12.9. The van der Waals surface area contributed by atoms with E-state index in [9.17, 15) is 13.2 Å². The highest BCUT2D eigenvalue weighted by molar-refractivity contribution is 7.80. The molecule has 1 saturated heterocycles. The highest BCUT2D eigenvalue weighted by atomic mass is 32.1. The summed E-state index contributed by atoms with van der Waals surface area (Å²) in [6, 6.07) is 4.33. The molecule has 1 fully saturated rings. The molecule has 0 aromatic heterocycles. The van der Waals surface area contributed by atoms with E-state index in [-0.39, 0.29) is 10.6 Å². The summed E-state index contributed by atoms with van der Waals surface area (Å²) in [4.78, 5) is 1.88. The number of halogens is 3. The van der Waals surface area contributed by atoms with Gasteiger partial charge in [0, 0.05) is 23.8 Å². The van der Waals surface area contributed by atoms with Crippen LogP contribution in [-0.2, 0) is 6.18 Å². The summed E-state index contributed by atoms with van der Waals surface area (Å²) in [5, 5.41) is 0. The van der Waals surface area contributed by atoms with Crippen molar-refractivity contribution in [3.05, 3.63) is 29.3 Å². The normalized spacial score (nSPS) is 23.1. The lowest BCUT2D eigenvalue weighted by Crippen LogP contribution is -2.27. The van der Waals surface area contributed by atoms with Gasteiger partial charge < -0.3 is 10.6 Å². The van der Waals surface area contributed by atoms with Crippen LogP contribution in [0.25, 0.3) is 0 Å². The fraction of sp³-hybridized carbons (Fsp3) is 0.500. The Balaban J connectivity index is 2.43. The number of alkyl halides is 3. The molecule has 6 heteroatoms. The van der Waals surface area contributed by atoms with Crippen molar-refractivity contribution in [2.45, 2.75) is 32.5 Å². The molecule has 2 rings (SSSR count). The van der Waals surface area contributed by atoms with E-state index < -0.39 is 11.7 Å². The van der Waals surface area contributed by atoms with Crippen molar-refractivity contribution in [1.82, 2.24) is 0 Å². The van der Waals surface area contributed by atoms with Crippen LogP contribution in [0.3, 0.4) is 0 Å². The number of nitrogens with two attached hydrogens (primary N) is 1. The Morgan fingerprint density at radius 2 is 2.00 bits per heavy atom. The van der Waals surface area contributed by atoms with Crippen LogP contribution in [0.4, 0.5) is 18.9 Å². The van der Waals surface area contributed by atoms with Crippen molar-refractivity contribution in [2.24, 2.45) is 11.7 Å². The van der Waals surface area contributed by atoms with Crippen LogP contribution < -0.4 is 10.6 Å². The highest BCUT2D eigenvalue weighted by Gasteiger charge is 2.35. The van der Waals surface area contributed by atoms with E-state index in [0.717, 1.165) is 24.7 Å². The van der Waals surface area contributed by atoms with E-state index in [4.69, 9.17) is 18.0 Å². The van der Waals surface area contributed by atoms with E-state index in [1.807, 2.05) is 0 Å². The van der Waals surface area contributed by atoms with Gasteiger partial charge in [-0.05, 0) is 37.5 Å². The SMILES string of the molecule is CC1CC(C)N(c2ccc(C(F)(F)F)c(C(N)=S)c2)C1. The van der Waals surface area contributed by atoms with Crippen LogP contribution in [0.1, 0.15) is 31.4 Å². The zero-order valence-corrected chi connectivity index (χ0v) is 12.2. The Morgan fingerprint density at radius 1 is 1.35 bits per heavy atom. The fourth-order valence-electron chi connectivity index (χ4n) is 2.82. The molecule has 0 saturated carbocycles. The second kappa shape index (κ2) is 5.24. The minimum atomic E-state index is -4.44. The molecule has 1 aliphatic rings. The Kier molecular flexibility index (Phi) is 3.95. The van der Waals surface area contributed by atoms with E-state index in [1.165, 1.54) is 12.1 Å². The molecule has 1 aromatic rings. The summed E-state index contributed by atoms with van der Waals surface area (Å²) < 4.78 is 38.8. The molecule has 110 valence electrons. The van der Waals surface area contributed by atoms with Crippen LogP contribution in [0.2, 0.25) is 0 Å². The monoisotopic (exact) mass is 302 g/mol. The lowest BCUT2D eigenvalue weighted by atomic mass is 10.1. The van der Waals surface area contributed by atoms with Crippen LogP contribution >= 0.6 is 12.2 Å². The molecule has 1 aliphatic heterocycles. The van der Waals surface area contributed by atoms with Crippen molar-refractivity contribution in [1.29, 1.82) is 0 Å². The summed E-state index contributed by atoms with van der Waals surface area (Å²) in [7, 11) is 0. The standard InChI is InChI=1S/C14H17F3N2S/c1-8-5-9(2)19(7-8)10-3-4-12(14(15,16)17)11(6-10)13(18)20/h3-4,6,8-9H,5,7H2,1-2H3,(H2,18,20). The molecule has 1 aromatic carbocycles. The highest BCUT2D eigenvalue weighted by Crippen LogP contribution is 2.36. The summed E-state index contributed by atoms with van der Waals surface area (Å²) in [5.41, 5.74) is 5.33. The van der Waals surface area contributed by atoms with Crippen molar-refractivity contribution in [3.63, 3.8) is 0 Å². The third-order valence-electron chi connectivity index (χ3n) is 3.69. The minimum Gasteiger partial charge on any atom is -0.389 e. The summed E-state index contributed by atoms with van der Waals surface area (Å²) in [6.07, 6.45) is -3.41. The Morgan fingerprint density at radius 3 is 2.45 bits per heavy atom. The van der Waals surface area contributed by atoms with Crippen LogP contribution in [0.5, 0.6) is 0 Å². The first kappa shape index (κ1) is 15.1. The lowest BCUT2D eigenvalue weighted by molar-refractivity contribution is -0.137. The van der Waals surface area contributed by atoms with Gasteiger partial charge in [-0.2, -0.15) is 13.2 Å². The molecule has 2 N–H and O–H groups in total. The molecule has 0 amide bonds. The molecule has 2 atom stereocenters.